The van der Waals surface area contributed by atoms with E-state index in [0.29, 0.717) is 4.47 Å². The second-order valence-corrected chi connectivity index (χ2v) is 3.25. The first-order valence-electron chi connectivity index (χ1n) is 3.49. The molecular formula is C8H10BrNO2. The molecule has 66 valence electrons. The molecule has 0 radical (unpaired) electrons. The molecule has 1 aromatic rings. The highest BCUT2D eigenvalue weighted by Crippen LogP contribution is 2.31. The zero-order valence-electron chi connectivity index (χ0n) is 6.62. The van der Waals surface area contributed by atoms with E-state index in [0.717, 1.165) is 5.56 Å². The van der Waals surface area contributed by atoms with Crippen LogP contribution in [0.3, 0.4) is 0 Å². The molecule has 0 saturated heterocycles. The van der Waals surface area contributed by atoms with Gasteiger partial charge in [0.05, 0.1) is 4.47 Å². The first-order valence-corrected chi connectivity index (χ1v) is 4.29. The standard InChI is InChI=1S/C8H10BrNO2/c1-5(12-10)6-3-2-4-7(11)8(6)9/h2-5,11H,10H2,1H3. The molecule has 3 nitrogen and oxygen atoms in total. The summed E-state index contributed by atoms with van der Waals surface area (Å²) in [6.07, 6.45) is -0.230. The van der Waals surface area contributed by atoms with E-state index in [1.165, 1.54) is 0 Å². The number of phenolic OH excluding ortho intramolecular Hbond substituents is 1. The van der Waals surface area contributed by atoms with Crippen molar-refractivity contribution >= 4 is 15.9 Å². The molecule has 1 atom stereocenters. The zero-order valence-corrected chi connectivity index (χ0v) is 8.21. The fourth-order valence-electron chi connectivity index (χ4n) is 0.924. The summed E-state index contributed by atoms with van der Waals surface area (Å²) in [6.45, 7) is 1.81. The average Bonchev–Trinajstić information content (AvgIpc) is 2.08. The zero-order chi connectivity index (χ0) is 9.14. The van der Waals surface area contributed by atoms with Gasteiger partial charge in [-0.05, 0) is 28.9 Å². The summed E-state index contributed by atoms with van der Waals surface area (Å²) in [6, 6.07) is 5.17. The van der Waals surface area contributed by atoms with Crippen molar-refractivity contribution in [2.24, 2.45) is 5.90 Å². The number of hydrogen-bond acceptors (Lipinski definition) is 3. The molecule has 3 N–H and O–H groups in total. The number of aromatic hydroxyl groups is 1. The lowest BCUT2D eigenvalue weighted by Crippen LogP contribution is -2.05. The Hall–Kier alpha value is -0.580. The Labute approximate surface area is 79.2 Å². The first-order chi connectivity index (χ1) is 5.66. The largest absolute Gasteiger partial charge is 0.507 e. The van der Waals surface area contributed by atoms with E-state index >= 15 is 0 Å². The molecule has 0 saturated carbocycles. The van der Waals surface area contributed by atoms with Gasteiger partial charge in [-0.25, -0.2) is 5.90 Å². The van der Waals surface area contributed by atoms with Gasteiger partial charge < -0.3 is 5.11 Å². The van der Waals surface area contributed by atoms with E-state index in [1.807, 2.05) is 6.07 Å². The average molecular weight is 232 g/mol. The van der Waals surface area contributed by atoms with Crippen molar-refractivity contribution in [3.8, 4) is 5.75 Å². The van der Waals surface area contributed by atoms with Crippen molar-refractivity contribution in [3.05, 3.63) is 28.2 Å². The van der Waals surface area contributed by atoms with Crippen LogP contribution >= 0.6 is 15.9 Å². The lowest BCUT2D eigenvalue weighted by Gasteiger charge is -2.11. The minimum absolute atomic E-state index is 0.191. The Kier molecular flexibility index (Phi) is 3.08. The maximum absolute atomic E-state index is 9.30. The van der Waals surface area contributed by atoms with Crippen LogP contribution in [0.25, 0.3) is 0 Å². The maximum Gasteiger partial charge on any atom is 0.130 e. The molecule has 0 amide bonds. The van der Waals surface area contributed by atoms with Crippen LogP contribution in [0.15, 0.2) is 22.7 Å². The Balaban J connectivity index is 3.07. The van der Waals surface area contributed by atoms with Crippen LogP contribution < -0.4 is 5.90 Å². The Bertz CT molecular complexity index is 278. The van der Waals surface area contributed by atoms with Crippen molar-refractivity contribution in [2.75, 3.05) is 0 Å². The van der Waals surface area contributed by atoms with Gasteiger partial charge in [-0.1, -0.05) is 12.1 Å². The summed E-state index contributed by atoms with van der Waals surface area (Å²) >= 11 is 3.24. The molecule has 0 aliphatic carbocycles. The number of benzene rings is 1. The predicted octanol–water partition coefficient (Wildman–Crippen LogP) is 2.11. The lowest BCUT2D eigenvalue weighted by atomic mass is 10.1. The monoisotopic (exact) mass is 231 g/mol. The van der Waals surface area contributed by atoms with Gasteiger partial charge in [0, 0.05) is 5.56 Å². The van der Waals surface area contributed by atoms with Gasteiger partial charge in [0.1, 0.15) is 11.9 Å². The predicted molar refractivity (Wildman–Crippen MR) is 49.5 cm³/mol. The fourth-order valence-corrected chi connectivity index (χ4v) is 1.51. The summed E-state index contributed by atoms with van der Waals surface area (Å²) in [5.41, 5.74) is 0.831. The first kappa shape index (κ1) is 9.51. The molecule has 0 fully saturated rings. The van der Waals surface area contributed by atoms with Crippen LogP contribution in [0.4, 0.5) is 0 Å². The highest BCUT2D eigenvalue weighted by atomic mass is 79.9. The Morgan fingerprint density at radius 3 is 2.83 bits per heavy atom. The van der Waals surface area contributed by atoms with Gasteiger partial charge in [0.2, 0.25) is 0 Å². The number of phenols is 1. The van der Waals surface area contributed by atoms with Crippen LogP contribution in [-0.2, 0) is 4.84 Å². The van der Waals surface area contributed by atoms with Gasteiger partial charge >= 0.3 is 0 Å². The Morgan fingerprint density at radius 1 is 1.58 bits per heavy atom. The van der Waals surface area contributed by atoms with Crippen molar-refractivity contribution in [2.45, 2.75) is 13.0 Å². The lowest BCUT2D eigenvalue weighted by molar-refractivity contribution is 0.0657. The van der Waals surface area contributed by atoms with Gasteiger partial charge in [-0.3, -0.25) is 4.84 Å². The maximum atomic E-state index is 9.30. The smallest absolute Gasteiger partial charge is 0.130 e. The highest BCUT2D eigenvalue weighted by Gasteiger charge is 2.10. The third-order valence-electron chi connectivity index (χ3n) is 1.65. The molecule has 0 aliphatic rings. The topological polar surface area (TPSA) is 55.5 Å². The quantitative estimate of drug-likeness (QED) is 0.767. The number of rotatable bonds is 2. The van der Waals surface area contributed by atoms with Crippen molar-refractivity contribution in [1.82, 2.24) is 0 Å². The minimum Gasteiger partial charge on any atom is -0.507 e. The molecule has 1 rings (SSSR count). The minimum atomic E-state index is -0.230. The molecule has 1 aromatic carbocycles. The van der Waals surface area contributed by atoms with E-state index in [1.54, 1.807) is 19.1 Å². The molecule has 0 aliphatic heterocycles. The molecule has 12 heavy (non-hydrogen) atoms. The van der Waals surface area contributed by atoms with Gasteiger partial charge in [-0.15, -0.1) is 0 Å². The highest BCUT2D eigenvalue weighted by molar-refractivity contribution is 9.10. The third kappa shape index (κ3) is 1.77. The second-order valence-electron chi connectivity index (χ2n) is 2.46. The van der Waals surface area contributed by atoms with E-state index in [-0.39, 0.29) is 11.9 Å². The van der Waals surface area contributed by atoms with Gasteiger partial charge in [0.15, 0.2) is 0 Å². The molecular weight excluding hydrogens is 222 g/mol. The van der Waals surface area contributed by atoms with Crippen LogP contribution in [0.2, 0.25) is 0 Å². The molecule has 0 bridgehead atoms. The summed E-state index contributed by atoms with van der Waals surface area (Å²) in [5, 5.41) is 9.30. The molecule has 0 heterocycles. The van der Waals surface area contributed by atoms with Crippen LogP contribution in [-0.4, -0.2) is 5.11 Å². The molecule has 0 spiro atoms. The van der Waals surface area contributed by atoms with Crippen molar-refractivity contribution in [1.29, 1.82) is 0 Å². The number of halogens is 1. The fraction of sp³-hybridized carbons (Fsp3) is 0.250. The van der Waals surface area contributed by atoms with Crippen molar-refractivity contribution in [3.63, 3.8) is 0 Å². The van der Waals surface area contributed by atoms with E-state index in [4.69, 9.17) is 5.90 Å². The SMILES string of the molecule is CC(ON)c1cccc(O)c1Br. The summed E-state index contributed by atoms with van der Waals surface area (Å²) in [4.78, 5) is 4.63. The molecule has 4 heteroatoms. The van der Waals surface area contributed by atoms with Crippen LogP contribution in [0.5, 0.6) is 5.75 Å². The Morgan fingerprint density at radius 2 is 2.25 bits per heavy atom. The van der Waals surface area contributed by atoms with Crippen molar-refractivity contribution < 1.29 is 9.94 Å². The van der Waals surface area contributed by atoms with E-state index in [9.17, 15) is 5.11 Å². The van der Waals surface area contributed by atoms with E-state index < -0.39 is 0 Å². The van der Waals surface area contributed by atoms with E-state index in [2.05, 4.69) is 20.8 Å². The van der Waals surface area contributed by atoms with Gasteiger partial charge in [-0.2, -0.15) is 0 Å². The summed E-state index contributed by atoms with van der Waals surface area (Å²) < 4.78 is 0.628. The third-order valence-corrected chi connectivity index (χ3v) is 2.51. The van der Waals surface area contributed by atoms with Crippen LogP contribution in [0, 0.1) is 0 Å². The normalized spacial score (nSPS) is 12.9. The van der Waals surface area contributed by atoms with Crippen LogP contribution in [0.1, 0.15) is 18.6 Å². The number of hydrogen-bond donors (Lipinski definition) is 2. The molecule has 0 aromatic heterocycles. The van der Waals surface area contributed by atoms with Gasteiger partial charge in [0.25, 0.3) is 0 Å². The summed E-state index contributed by atoms with van der Waals surface area (Å²) in [7, 11) is 0. The second kappa shape index (κ2) is 3.89. The molecule has 1 unspecified atom stereocenters. The summed E-state index contributed by atoms with van der Waals surface area (Å²) in [5.74, 6) is 5.21. The number of nitrogens with two attached hydrogens (primary N) is 1.